The molecule has 0 aliphatic rings. The van der Waals surface area contributed by atoms with E-state index >= 15 is 0 Å². The number of hydrogen-bond donors (Lipinski definition) is 1. The fourth-order valence-corrected chi connectivity index (χ4v) is 1.44. The van der Waals surface area contributed by atoms with Gasteiger partial charge in [-0.25, -0.2) is 4.39 Å². The van der Waals surface area contributed by atoms with Gasteiger partial charge in [-0.3, -0.25) is 0 Å². The van der Waals surface area contributed by atoms with Gasteiger partial charge in [0.05, 0.1) is 12.1 Å². The van der Waals surface area contributed by atoms with Crippen LogP contribution in [0.15, 0.2) is 24.3 Å². The average molecular weight is 265 g/mol. The molecule has 0 bridgehead atoms. The molecule has 2 N–H and O–H groups in total. The summed E-state index contributed by atoms with van der Waals surface area (Å²) in [4.78, 5) is 0. The van der Waals surface area contributed by atoms with E-state index in [1.54, 1.807) is 0 Å². The highest BCUT2D eigenvalue weighted by atomic mass is 19.4. The van der Waals surface area contributed by atoms with E-state index in [-0.39, 0.29) is 0 Å². The predicted octanol–water partition coefficient (Wildman–Crippen LogP) is 3.18. The first-order valence-electron chi connectivity index (χ1n) is 5.45. The Morgan fingerprint density at radius 3 is 2.06 bits per heavy atom. The molecule has 2 nitrogen and oxygen atoms in total. The highest BCUT2D eigenvalue weighted by Crippen LogP contribution is 2.26. The van der Waals surface area contributed by atoms with Crippen molar-refractivity contribution in [1.82, 2.24) is 0 Å². The average Bonchev–Trinajstić information content (AvgIpc) is 2.27. The first-order chi connectivity index (χ1) is 8.21. The molecule has 0 aromatic heterocycles. The maximum absolute atomic E-state index is 12.7. The lowest BCUT2D eigenvalue weighted by atomic mass is 10.0. The molecule has 0 saturated heterocycles. The van der Waals surface area contributed by atoms with Crippen LogP contribution in [0.4, 0.5) is 17.6 Å². The molecule has 0 heterocycles. The lowest BCUT2D eigenvalue weighted by molar-refractivity contribution is -0.226. The van der Waals surface area contributed by atoms with E-state index in [2.05, 4.69) is 0 Å². The summed E-state index contributed by atoms with van der Waals surface area (Å²) in [5, 5.41) is 0. The summed E-state index contributed by atoms with van der Waals surface area (Å²) >= 11 is 0. The molecule has 18 heavy (non-hydrogen) atoms. The van der Waals surface area contributed by atoms with Crippen molar-refractivity contribution in [3.8, 4) is 0 Å². The summed E-state index contributed by atoms with van der Waals surface area (Å²) in [5.74, 6) is -0.428. The quantitative estimate of drug-likeness (QED) is 0.848. The molecular formula is C12H15F4NO. The van der Waals surface area contributed by atoms with E-state index in [1.807, 2.05) is 0 Å². The molecule has 1 aromatic rings. The van der Waals surface area contributed by atoms with Gasteiger partial charge < -0.3 is 10.5 Å². The molecule has 3 atom stereocenters. The van der Waals surface area contributed by atoms with Crippen molar-refractivity contribution in [2.24, 2.45) is 5.73 Å². The van der Waals surface area contributed by atoms with Gasteiger partial charge in [0, 0.05) is 0 Å². The second-order valence-electron chi connectivity index (χ2n) is 4.10. The van der Waals surface area contributed by atoms with Crippen LogP contribution in [0, 0.1) is 5.82 Å². The molecule has 0 radical (unpaired) electrons. The summed E-state index contributed by atoms with van der Waals surface area (Å²) in [5.41, 5.74) is 6.29. The second-order valence-corrected chi connectivity index (χ2v) is 4.10. The molecule has 0 fully saturated rings. The van der Waals surface area contributed by atoms with Crippen LogP contribution in [-0.4, -0.2) is 18.4 Å². The topological polar surface area (TPSA) is 35.2 Å². The normalized spacial score (nSPS) is 17.3. The van der Waals surface area contributed by atoms with E-state index < -0.39 is 30.2 Å². The Balaban J connectivity index is 2.67. The van der Waals surface area contributed by atoms with Gasteiger partial charge in [0.2, 0.25) is 0 Å². The van der Waals surface area contributed by atoms with Crippen LogP contribution in [0.5, 0.6) is 0 Å². The predicted molar refractivity (Wildman–Crippen MR) is 59.4 cm³/mol. The summed E-state index contributed by atoms with van der Waals surface area (Å²) < 4.78 is 54.5. The molecule has 1 aromatic carbocycles. The zero-order valence-electron chi connectivity index (χ0n) is 10.0. The van der Waals surface area contributed by atoms with E-state index in [0.29, 0.717) is 5.56 Å². The number of ether oxygens (including phenoxy) is 1. The van der Waals surface area contributed by atoms with Gasteiger partial charge in [0.1, 0.15) is 5.82 Å². The maximum atomic E-state index is 12.7. The van der Waals surface area contributed by atoms with Crippen LogP contribution >= 0.6 is 0 Å². The van der Waals surface area contributed by atoms with E-state index in [0.717, 1.165) is 6.92 Å². The van der Waals surface area contributed by atoms with Crippen LogP contribution in [-0.2, 0) is 4.74 Å². The van der Waals surface area contributed by atoms with Gasteiger partial charge >= 0.3 is 6.18 Å². The number of halogens is 4. The Labute approximate surface area is 103 Å². The standard InChI is InChI=1S/C12H15F4NO/c1-7(18-8(2)12(14,15)16)11(17)9-3-5-10(13)6-4-9/h3-8,11H,17H2,1-2H3. The highest BCUT2D eigenvalue weighted by Gasteiger charge is 2.38. The van der Waals surface area contributed by atoms with Crippen molar-refractivity contribution in [2.75, 3.05) is 0 Å². The molecule has 1 rings (SSSR count). The molecule has 0 aliphatic heterocycles. The van der Waals surface area contributed by atoms with Gasteiger partial charge in [-0.1, -0.05) is 12.1 Å². The zero-order valence-corrected chi connectivity index (χ0v) is 10.0. The Bertz CT molecular complexity index is 377. The molecule has 0 amide bonds. The third kappa shape index (κ3) is 3.96. The van der Waals surface area contributed by atoms with E-state index in [9.17, 15) is 17.6 Å². The van der Waals surface area contributed by atoms with Crippen molar-refractivity contribution < 1.29 is 22.3 Å². The smallest absolute Gasteiger partial charge is 0.364 e. The molecule has 0 aliphatic carbocycles. The van der Waals surface area contributed by atoms with Crippen LogP contribution in [0.2, 0.25) is 0 Å². The summed E-state index contributed by atoms with van der Waals surface area (Å²) in [6, 6.07) is 4.52. The molecular weight excluding hydrogens is 250 g/mol. The van der Waals surface area contributed by atoms with Gasteiger partial charge in [0.15, 0.2) is 6.10 Å². The lowest BCUT2D eigenvalue weighted by Gasteiger charge is -2.25. The third-order valence-electron chi connectivity index (χ3n) is 2.64. The number of benzene rings is 1. The monoisotopic (exact) mass is 265 g/mol. The van der Waals surface area contributed by atoms with Crippen LogP contribution in [0.25, 0.3) is 0 Å². The molecule has 3 unspecified atom stereocenters. The third-order valence-corrected chi connectivity index (χ3v) is 2.64. The summed E-state index contributed by atoms with van der Waals surface area (Å²) in [7, 11) is 0. The number of alkyl halides is 3. The van der Waals surface area contributed by atoms with Crippen molar-refractivity contribution in [3.63, 3.8) is 0 Å². The Hall–Kier alpha value is -1.14. The minimum absolute atomic E-state index is 0.428. The summed E-state index contributed by atoms with van der Waals surface area (Å²) in [6.07, 6.45) is -7.14. The number of hydrogen-bond acceptors (Lipinski definition) is 2. The van der Waals surface area contributed by atoms with E-state index in [1.165, 1.54) is 31.2 Å². The Kier molecular flexibility index (Phi) is 4.70. The maximum Gasteiger partial charge on any atom is 0.414 e. The fraction of sp³-hybridized carbons (Fsp3) is 0.500. The first-order valence-corrected chi connectivity index (χ1v) is 5.45. The van der Waals surface area contributed by atoms with Crippen LogP contribution in [0.1, 0.15) is 25.5 Å². The minimum Gasteiger partial charge on any atom is -0.364 e. The SMILES string of the molecule is CC(OC(C)C(F)(F)F)C(N)c1ccc(F)cc1. The molecule has 0 spiro atoms. The molecule has 102 valence electrons. The molecule has 6 heteroatoms. The highest BCUT2D eigenvalue weighted by molar-refractivity contribution is 5.20. The van der Waals surface area contributed by atoms with Gasteiger partial charge in [0.25, 0.3) is 0 Å². The Morgan fingerprint density at radius 1 is 1.11 bits per heavy atom. The fourth-order valence-electron chi connectivity index (χ4n) is 1.44. The largest absolute Gasteiger partial charge is 0.414 e. The van der Waals surface area contributed by atoms with Crippen LogP contribution in [0.3, 0.4) is 0 Å². The number of nitrogens with two attached hydrogens (primary N) is 1. The van der Waals surface area contributed by atoms with Crippen molar-refractivity contribution in [3.05, 3.63) is 35.6 Å². The van der Waals surface area contributed by atoms with Crippen molar-refractivity contribution >= 4 is 0 Å². The van der Waals surface area contributed by atoms with Gasteiger partial charge in [-0.05, 0) is 31.5 Å². The lowest BCUT2D eigenvalue weighted by Crippen LogP contribution is -2.36. The first kappa shape index (κ1) is 14.9. The second kappa shape index (κ2) is 5.67. The van der Waals surface area contributed by atoms with Gasteiger partial charge in [-0.2, -0.15) is 13.2 Å². The van der Waals surface area contributed by atoms with Crippen molar-refractivity contribution in [1.29, 1.82) is 0 Å². The van der Waals surface area contributed by atoms with E-state index in [4.69, 9.17) is 10.5 Å². The molecule has 0 saturated carbocycles. The minimum atomic E-state index is -4.42. The number of rotatable bonds is 4. The summed E-state index contributed by atoms with van der Waals surface area (Å²) in [6.45, 7) is 2.38. The van der Waals surface area contributed by atoms with Crippen LogP contribution < -0.4 is 5.73 Å². The Morgan fingerprint density at radius 2 is 1.61 bits per heavy atom. The zero-order chi connectivity index (χ0) is 13.9. The van der Waals surface area contributed by atoms with Gasteiger partial charge in [-0.15, -0.1) is 0 Å². The van der Waals surface area contributed by atoms with Crippen molar-refractivity contribution in [2.45, 2.75) is 38.3 Å².